The molecule has 0 saturated carbocycles. The van der Waals surface area contributed by atoms with E-state index in [2.05, 4.69) is 74.3 Å². The van der Waals surface area contributed by atoms with Crippen LogP contribution in [0.2, 0.25) is 0 Å². The van der Waals surface area contributed by atoms with Gasteiger partial charge in [-0.2, -0.15) is 0 Å². The van der Waals surface area contributed by atoms with E-state index in [1.807, 2.05) is 18.2 Å². The maximum atomic E-state index is 11.6. The van der Waals surface area contributed by atoms with Crippen LogP contribution < -0.4 is 5.32 Å². The van der Waals surface area contributed by atoms with Crippen LogP contribution in [-0.2, 0) is 0 Å². The first-order valence-corrected chi connectivity index (χ1v) is 8.77. The molecule has 1 aliphatic heterocycles. The van der Waals surface area contributed by atoms with E-state index in [9.17, 15) is 5.11 Å². The first kappa shape index (κ1) is 16.9. The Morgan fingerprint density at radius 3 is 1.71 bits per heavy atom. The van der Waals surface area contributed by atoms with Crippen molar-refractivity contribution in [3.05, 3.63) is 84.4 Å². The van der Waals surface area contributed by atoms with Crippen LogP contribution in [0.1, 0.15) is 43.5 Å². The second-order valence-corrected chi connectivity index (χ2v) is 7.00. The van der Waals surface area contributed by atoms with Crippen molar-refractivity contribution in [2.45, 2.75) is 38.0 Å². The topological polar surface area (TPSA) is 32.3 Å². The fraction of sp³-hybridized carbons (Fsp3) is 0.364. The molecule has 0 aromatic heterocycles. The zero-order valence-corrected chi connectivity index (χ0v) is 14.5. The maximum Gasteiger partial charge on any atom is 0.0768 e. The van der Waals surface area contributed by atoms with Crippen LogP contribution >= 0.6 is 0 Å². The average Bonchev–Trinajstić information content (AvgIpc) is 2.62. The Morgan fingerprint density at radius 2 is 1.33 bits per heavy atom. The third-order valence-electron chi connectivity index (χ3n) is 5.72. The van der Waals surface area contributed by atoms with Gasteiger partial charge in [0.2, 0.25) is 0 Å². The summed E-state index contributed by atoms with van der Waals surface area (Å²) in [5.74, 6) is 0.181. The molecule has 1 heterocycles. The molecule has 1 saturated heterocycles. The molecule has 3 rings (SSSR count). The minimum Gasteiger partial charge on any atom is -0.389 e. The second kappa shape index (κ2) is 6.92. The molecule has 2 aromatic carbocycles. The molecule has 0 aliphatic carbocycles. The fourth-order valence-electron chi connectivity index (χ4n) is 4.17. The highest BCUT2D eigenvalue weighted by Gasteiger charge is 2.50. The van der Waals surface area contributed by atoms with E-state index in [1.54, 1.807) is 0 Å². The standard InChI is InChI=1S/C22H27NO/c1-4-15-22(24)16(2)20(18-11-7-5-8-12-18)23-21(17(22)3)19-13-9-6-10-14-19/h4-14,16-17,20-21,23-24H,1,15H2,2-3H3/t16-,17+,20-,21-,22?/m0/s1. The van der Waals surface area contributed by atoms with E-state index in [0.29, 0.717) is 6.42 Å². The summed E-state index contributed by atoms with van der Waals surface area (Å²) in [7, 11) is 0. The van der Waals surface area contributed by atoms with E-state index in [1.165, 1.54) is 11.1 Å². The molecular weight excluding hydrogens is 294 g/mol. The number of hydrogen-bond donors (Lipinski definition) is 2. The van der Waals surface area contributed by atoms with Crippen molar-refractivity contribution in [3.63, 3.8) is 0 Å². The van der Waals surface area contributed by atoms with E-state index < -0.39 is 5.60 Å². The van der Waals surface area contributed by atoms with Gasteiger partial charge in [-0.1, -0.05) is 80.6 Å². The Kier molecular flexibility index (Phi) is 4.88. The summed E-state index contributed by atoms with van der Waals surface area (Å²) in [5.41, 5.74) is 1.66. The van der Waals surface area contributed by atoms with Crippen molar-refractivity contribution in [3.8, 4) is 0 Å². The molecule has 2 nitrogen and oxygen atoms in total. The number of benzene rings is 2. The van der Waals surface area contributed by atoms with Gasteiger partial charge in [0.1, 0.15) is 0 Å². The van der Waals surface area contributed by atoms with Gasteiger partial charge in [0, 0.05) is 23.9 Å². The third-order valence-corrected chi connectivity index (χ3v) is 5.72. The van der Waals surface area contributed by atoms with Gasteiger partial charge < -0.3 is 10.4 Å². The molecular formula is C22H27NO. The predicted molar refractivity (Wildman–Crippen MR) is 99.6 cm³/mol. The van der Waals surface area contributed by atoms with Gasteiger partial charge in [-0.05, 0) is 17.5 Å². The molecule has 126 valence electrons. The molecule has 1 aliphatic rings. The normalized spacial score (nSPS) is 33.1. The Balaban J connectivity index is 2.03. The van der Waals surface area contributed by atoms with Crippen molar-refractivity contribution in [1.29, 1.82) is 0 Å². The zero-order valence-electron chi connectivity index (χ0n) is 14.5. The summed E-state index contributed by atoms with van der Waals surface area (Å²) < 4.78 is 0. The zero-order chi connectivity index (χ0) is 17.2. The number of nitrogens with one attached hydrogen (secondary N) is 1. The second-order valence-electron chi connectivity index (χ2n) is 7.00. The van der Waals surface area contributed by atoms with Crippen LogP contribution in [0.5, 0.6) is 0 Å². The third kappa shape index (κ3) is 2.92. The summed E-state index contributed by atoms with van der Waals surface area (Å²) in [6.45, 7) is 8.17. The minimum atomic E-state index is -0.784. The lowest BCUT2D eigenvalue weighted by molar-refractivity contribution is -0.108. The lowest BCUT2D eigenvalue weighted by atomic mass is 9.65. The van der Waals surface area contributed by atoms with E-state index in [0.717, 1.165) is 0 Å². The molecule has 0 amide bonds. The Labute approximate surface area is 145 Å². The molecule has 2 aromatic rings. The molecule has 2 heteroatoms. The highest BCUT2D eigenvalue weighted by molar-refractivity contribution is 5.28. The molecule has 1 fully saturated rings. The van der Waals surface area contributed by atoms with Crippen LogP contribution in [-0.4, -0.2) is 10.7 Å². The van der Waals surface area contributed by atoms with Gasteiger partial charge >= 0.3 is 0 Å². The Hall–Kier alpha value is -1.90. The SMILES string of the molecule is C=CCC1(O)[C@H](C)[C@@H](c2ccccc2)N[C@H](c2ccccc2)[C@@H]1C. The van der Waals surface area contributed by atoms with Gasteiger partial charge in [0.25, 0.3) is 0 Å². The molecule has 0 radical (unpaired) electrons. The van der Waals surface area contributed by atoms with Gasteiger partial charge in [-0.3, -0.25) is 0 Å². The first-order chi connectivity index (χ1) is 11.6. The summed E-state index contributed by atoms with van der Waals surface area (Å²) in [6.07, 6.45) is 2.45. The van der Waals surface area contributed by atoms with Gasteiger partial charge in [0.05, 0.1) is 5.60 Å². The van der Waals surface area contributed by atoms with E-state index in [4.69, 9.17) is 0 Å². The molecule has 0 bridgehead atoms. The van der Waals surface area contributed by atoms with E-state index >= 15 is 0 Å². The quantitative estimate of drug-likeness (QED) is 0.803. The number of aliphatic hydroxyl groups is 1. The summed E-state index contributed by atoms with van der Waals surface area (Å²) in [5, 5.41) is 15.4. The molecule has 5 atom stereocenters. The molecule has 24 heavy (non-hydrogen) atoms. The maximum absolute atomic E-state index is 11.6. The van der Waals surface area contributed by atoms with Crippen LogP contribution in [0.4, 0.5) is 0 Å². The van der Waals surface area contributed by atoms with Gasteiger partial charge in [-0.25, -0.2) is 0 Å². The Bertz CT molecular complexity index is 615. The van der Waals surface area contributed by atoms with Crippen LogP contribution in [0.15, 0.2) is 73.3 Å². The van der Waals surface area contributed by atoms with Crippen molar-refractivity contribution in [2.24, 2.45) is 11.8 Å². The Morgan fingerprint density at radius 1 is 0.917 bits per heavy atom. The van der Waals surface area contributed by atoms with Crippen LogP contribution in [0, 0.1) is 11.8 Å². The summed E-state index contributed by atoms with van der Waals surface area (Å²) in [4.78, 5) is 0. The van der Waals surface area contributed by atoms with Crippen molar-refractivity contribution < 1.29 is 5.11 Å². The number of rotatable bonds is 4. The van der Waals surface area contributed by atoms with Crippen LogP contribution in [0.25, 0.3) is 0 Å². The van der Waals surface area contributed by atoms with E-state index in [-0.39, 0.29) is 23.9 Å². The molecule has 2 N–H and O–H groups in total. The monoisotopic (exact) mass is 321 g/mol. The molecule has 1 unspecified atom stereocenters. The van der Waals surface area contributed by atoms with Crippen molar-refractivity contribution in [1.82, 2.24) is 5.32 Å². The van der Waals surface area contributed by atoms with Crippen molar-refractivity contribution in [2.75, 3.05) is 0 Å². The predicted octanol–water partition coefficient (Wildman–Crippen LogP) is 4.65. The highest BCUT2D eigenvalue weighted by Crippen LogP contribution is 2.48. The summed E-state index contributed by atoms with van der Waals surface area (Å²) in [6, 6.07) is 21.1. The van der Waals surface area contributed by atoms with Gasteiger partial charge in [-0.15, -0.1) is 6.58 Å². The number of piperidine rings is 1. The largest absolute Gasteiger partial charge is 0.389 e. The highest BCUT2D eigenvalue weighted by atomic mass is 16.3. The number of hydrogen-bond acceptors (Lipinski definition) is 2. The first-order valence-electron chi connectivity index (χ1n) is 8.77. The molecule has 0 spiro atoms. The minimum absolute atomic E-state index is 0.0906. The lowest BCUT2D eigenvalue weighted by Gasteiger charge is -2.52. The van der Waals surface area contributed by atoms with Crippen molar-refractivity contribution >= 4 is 0 Å². The smallest absolute Gasteiger partial charge is 0.0768 e. The average molecular weight is 321 g/mol. The fourth-order valence-corrected chi connectivity index (χ4v) is 4.17. The van der Waals surface area contributed by atoms with Crippen LogP contribution in [0.3, 0.4) is 0 Å². The van der Waals surface area contributed by atoms with Gasteiger partial charge in [0.15, 0.2) is 0 Å². The lowest BCUT2D eigenvalue weighted by Crippen LogP contribution is -2.57. The summed E-state index contributed by atoms with van der Waals surface area (Å²) >= 11 is 0.